The van der Waals surface area contributed by atoms with Crippen molar-refractivity contribution in [3.63, 3.8) is 0 Å². The van der Waals surface area contributed by atoms with Gasteiger partial charge in [0.25, 0.3) is 5.91 Å². The Morgan fingerprint density at radius 2 is 2.00 bits per heavy atom. The van der Waals surface area contributed by atoms with Crippen molar-refractivity contribution in [2.24, 2.45) is 5.92 Å². The zero-order valence-corrected chi connectivity index (χ0v) is 13.1. The number of piperidine rings is 1. The van der Waals surface area contributed by atoms with Crippen LogP contribution in [-0.4, -0.2) is 40.8 Å². The van der Waals surface area contributed by atoms with Crippen molar-refractivity contribution in [2.45, 2.75) is 32.7 Å². The number of hydrogen-bond acceptors (Lipinski definition) is 3. The Morgan fingerprint density at radius 3 is 2.57 bits per heavy atom. The summed E-state index contributed by atoms with van der Waals surface area (Å²) in [7, 11) is 0. The molecule has 1 fully saturated rings. The molecular weight excluding hydrogens is 290 g/mol. The molecule has 1 aromatic rings. The predicted octanol–water partition coefficient (Wildman–Crippen LogP) is 2.11. The predicted molar refractivity (Wildman–Crippen MR) is 81.2 cm³/mol. The molecule has 2 amide bonds. The van der Waals surface area contributed by atoms with Crippen molar-refractivity contribution < 1.29 is 9.59 Å². The van der Waals surface area contributed by atoms with Crippen LogP contribution in [0.25, 0.3) is 0 Å². The van der Waals surface area contributed by atoms with Crippen LogP contribution in [-0.2, 0) is 4.79 Å². The van der Waals surface area contributed by atoms with Crippen LogP contribution in [0.5, 0.6) is 0 Å². The SMILES string of the molecule is CC(C)C(=O)N1CCC(NC(=O)c2cccc(Cl)n2)CC1. The third-order valence-electron chi connectivity index (χ3n) is 3.58. The molecule has 1 N–H and O–H groups in total. The zero-order valence-electron chi connectivity index (χ0n) is 12.3. The summed E-state index contributed by atoms with van der Waals surface area (Å²) in [6.45, 7) is 5.18. The standard InChI is InChI=1S/C15H20ClN3O2/c1-10(2)15(21)19-8-6-11(7-9-19)17-14(20)12-4-3-5-13(16)18-12/h3-5,10-11H,6-9H2,1-2H3,(H,17,20). The van der Waals surface area contributed by atoms with E-state index in [1.54, 1.807) is 18.2 Å². The molecule has 0 aliphatic carbocycles. The number of nitrogens with zero attached hydrogens (tertiary/aromatic N) is 2. The quantitative estimate of drug-likeness (QED) is 0.870. The molecule has 114 valence electrons. The number of pyridine rings is 1. The normalized spacial score (nSPS) is 16.1. The maximum Gasteiger partial charge on any atom is 0.270 e. The first-order chi connectivity index (χ1) is 9.97. The molecule has 5 nitrogen and oxygen atoms in total. The Labute approximate surface area is 129 Å². The van der Waals surface area contributed by atoms with Crippen LogP contribution >= 0.6 is 11.6 Å². The van der Waals surface area contributed by atoms with Crippen molar-refractivity contribution in [3.05, 3.63) is 29.0 Å². The highest BCUT2D eigenvalue weighted by atomic mass is 35.5. The lowest BCUT2D eigenvalue weighted by atomic mass is 10.0. The Hall–Kier alpha value is -1.62. The van der Waals surface area contributed by atoms with Crippen LogP contribution < -0.4 is 5.32 Å². The summed E-state index contributed by atoms with van der Waals surface area (Å²) < 4.78 is 0. The topological polar surface area (TPSA) is 62.3 Å². The minimum Gasteiger partial charge on any atom is -0.348 e. The van der Waals surface area contributed by atoms with Crippen LogP contribution in [0, 0.1) is 5.92 Å². The molecule has 6 heteroatoms. The Morgan fingerprint density at radius 1 is 1.33 bits per heavy atom. The van der Waals surface area contributed by atoms with E-state index in [9.17, 15) is 9.59 Å². The second kappa shape index (κ2) is 6.89. The minimum absolute atomic E-state index is 0.0202. The van der Waals surface area contributed by atoms with Gasteiger partial charge in [-0.25, -0.2) is 4.98 Å². The largest absolute Gasteiger partial charge is 0.348 e. The smallest absolute Gasteiger partial charge is 0.270 e. The van der Waals surface area contributed by atoms with Crippen LogP contribution in [0.2, 0.25) is 5.15 Å². The number of amides is 2. The van der Waals surface area contributed by atoms with Gasteiger partial charge in [0.2, 0.25) is 5.91 Å². The molecule has 2 rings (SSSR count). The third-order valence-corrected chi connectivity index (χ3v) is 3.79. The molecule has 2 heterocycles. The molecule has 1 aliphatic rings. The number of carbonyl (C=O) groups excluding carboxylic acids is 2. The van der Waals surface area contributed by atoms with Crippen LogP contribution in [0.4, 0.5) is 0 Å². The maximum atomic E-state index is 12.1. The van der Waals surface area contributed by atoms with Gasteiger partial charge in [-0.1, -0.05) is 31.5 Å². The molecule has 0 unspecified atom stereocenters. The molecule has 1 aromatic heterocycles. The minimum atomic E-state index is -0.217. The monoisotopic (exact) mass is 309 g/mol. The van der Waals surface area contributed by atoms with Crippen molar-refractivity contribution in [3.8, 4) is 0 Å². The number of hydrogen-bond donors (Lipinski definition) is 1. The van der Waals surface area contributed by atoms with E-state index >= 15 is 0 Å². The molecule has 0 saturated carbocycles. The van der Waals surface area contributed by atoms with E-state index in [0.29, 0.717) is 23.9 Å². The fraction of sp³-hybridized carbons (Fsp3) is 0.533. The van der Waals surface area contributed by atoms with Crippen molar-refractivity contribution >= 4 is 23.4 Å². The average Bonchev–Trinajstić information content (AvgIpc) is 2.47. The van der Waals surface area contributed by atoms with Gasteiger partial charge < -0.3 is 10.2 Å². The fourth-order valence-corrected chi connectivity index (χ4v) is 2.57. The van der Waals surface area contributed by atoms with Gasteiger partial charge in [-0.3, -0.25) is 9.59 Å². The summed E-state index contributed by atoms with van der Waals surface area (Å²) in [4.78, 5) is 29.8. The molecule has 0 radical (unpaired) electrons. The van der Waals surface area contributed by atoms with Crippen molar-refractivity contribution in [1.29, 1.82) is 0 Å². The summed E-state index contributed by atoms with van der Waals surface area (Å²) in [5, 5.41) is 3.26. The first kappa shape index (κ1) is 15.8. The number of aromatic nitrogens is 1. The van der Waals surface area contributed by atoms with E-state index in [0.717, 1.165) is 12.8 Å². The molecule has 0 bridgehead atoms. The van der Waals surface area contributed by atoms with E-state index in [-0.39, 0.29) is 23.8 Å². The molecule has 21 heavy (non-hydrogen) atoms. The van der Waals surface area contributed by atoms with Crippen LogP contribution in [0.15, 0.2) is 18.2 Å². The second-order valence-electron chi connectivity index (χ2n) is 5.57. The highest BCUT2D eigenvalue weighted by molar-refractivity contribution is 6.29. The van der Waals surface area contributed by atoms with Gasteiger partial charge in [-0.15, -0.1) is 0 Å². The van der Waals surface area contributed by atoms with Crippen LogP contribution in [0.3, 0.4) is 0 Å². The lowest BCUT2D eigenvalue weighted by molar-refractivity contribution is -0.135. The maximum absolute atomic E-state index is 12.1. The zero-order chi connectivity index (χ0) is 15.4. The number of likely N-dealkylation sites (tertiary alicyclic amines) is 1. The summed E-state index contributed by atoms with van der Waals surface area (Å²) >= 11 is 5.78. The van der Waals surface area contributed by atoms with Gasteiger partial charge in [0.15, 0.2) is 0 Å². The second-order valence-corrected chi connectivity index (χ2v) is 5.96. The number of halogens is 1. The van der Waals surface area contributed by atoms with Crippen molar-refractivity contribution in [1.82, 2.24) is 15.2 Å². The number of nitrogens with one attached hydrogen (secondary N) is 1. The van der Waals surface area contributed by atoms with E-state index in [1.165, 1.54) is 0 Å². The first-order valence-electron chi connectivity index (χ1n) is 7.19. The summed E-state index contributed by atoms with van der Waals surface area (Å²) in [6.07, 6.45) is 1.54. The van der Waals surface area contributed by atoms with Gasteiger partial charge >= 0.3 is 0 Å². The molecule has 0 atom stereocenters. The Bertz CT molecular complexity index is 525. The molecular formula is C15H20ClN3O2. The molecule has 1 saturated heterocycles. The van der Waals surface area contributed by atoms with E-state index in [4.69, 9.17) is 11.6 Å². The van der Waals surface area contributed by atoms with Gasteiger partial charge in [-0.05, 0) is 25.0 Å². The number of rotatable bonds is 3. The number of carbonyl (C=O) groups is 2. The highest BCUT2D eigenvalue weighted by Crippen LogP contribution is 2.14. The summed E-state index contributed by atoms with van der Waals surface area (Å²) in [5.41, 5.74) is 0.322. The van der Waals surface area contributed by atoms with Gasteiger partial charge in [0.05, 0.1) is 0 Å². The fourth-order valence-electron chi connectivity index (χ4n) is 2.40. The lowest BCUT2D eigenvalue weighted by Crippen LogP contribution is -2.47. The van der Waals surface area contributed by atoms with E-state index in [1.807, 2.05) is 18.7 Å². The summed E-state index contributed by atoms with van der Waals surface area (Å²) in [5.74, 6) is -0.0192. The van der Waals surface area contributed by atoms with E-state index in [2.05, 4.69) is 10.3 Å². The van der Waals surface area contributed by atoms with Gasteiger partial charge in [-0.2, -0.15) is 0 Å². The highest BCUT2D eigenvalue weighted by Gasteiger charge is 2.25. The Kier molecular flexibility index (Phi) is 5.17. The van der Waals surface area contributed by atoms with E-state index < -0.39 is 0 Å². The Balaban J connectivity index is 1.86. The first-order valence-corrected chi connectivity index (χ1v) is 7.57. The van der Waals surface area contributed by atoms with Gasteiger partial charge in [0, 0.05) is 25.0 Å². The molecule has 1 aliphatic heterocycles. The summed E-state index contributed by atoms with van der Waals surface area (Å²) in [6, 6.07) is 5.05. The molecule has 0 aromatic carbocycles. The molecule has 0 spiro atoms. The van der Waals surface area contributed by atoms with Crippen LogP contribution in [0.1, 0.15) is 37.2 Å². The third kappa shape index (κ3) is 4.17. The average molecular weight is 310 g/mol. The van der Waals surface area contributed by atoms with Gasteiger partial charge in [0.1, 0.15) is 10.8 Å². The lowest BCUT2D eigenvalue weighted by Gasteiger charge is -2.33. The van der Waals surface area contributed by atoms with Crippen molar-refractivity contribution in [2.75, 3.05) is 13.1 Å².